The van der Waals surface area contributed by atoms with Gasteiger partial charge in [0.2, 0.25) is 0 Å². The maximum atomic E-state index is 13.9. The van der Waals surface area contributed by atoms with Crippen LogP contribution in [-0.2, 0) is 20.1 Å². The average molecular weight is 763 g/mol. The third-order valence-corrected chi connectivity index (χ3v) is 5.30. The molecule has 0 amide bonds. The van der Waals surface area contributed by atoms with E-state index in [4.69, 9.17) is 10.2 Å². The fraction of sp³-hybridized carbons (Fsp3) is 0.226. The number of hydrogen-bond acceptors (Lipinski definition) is 4. The molecular weight excluding hydrogens is 733 g/mol. The molecule has 0 aliphatic rings. The molecule has 4 rings (SSSR count). The van der Waals surface area contributed by atoms with Gasteiger partial charge in [0.25, 0.3) is 0 Å². The summed E-state index contributed by atoms with van der Waals surface area (Å²) < 4.78 is 54.4. The van der Waals surface area contributed by atoms with Gasteiger partial charge in [-0.25, -0.2) is 0 Å². The number of aromatic nitrogens is 2. The molecule has 0 fully saturated rings. The largest absolute Gasteiger partial charge is 0.443 e. The van der Waals surface area contributed by atoms with Crippen LogP contribution in [0.15, 0.2) is 60.9 Å². The fourth-order valence-corrected chi connectivity index (χ4v) is 3.57. The molecule has 1 radical (unpaired) electrons. The van der Waals surface area contributed by atoms with E-state index in [0.717, 1.165) is 26.0 Å². The zero-order valence-corrected chi connectivity index (χ0v) is 25.6. The number of halogens is 4. The van der Waals surface area contributed by atoms with E-state index in [-0.39, 0.29) is 43.4 Å². The van der Waals surface area contributed by atoms with Crippen LogP contribution in [-0.4, -0.2) is 44.0 Å². The number of ketones is 2. The molecule has 11 heteroatoms. The Bertz CT molecular complexity index is 1360. The van der Waals surface area contributed by atoms with Gasteiger partial charge >= 0.3 is 0 Å². The number of carbonyl (C=O) groups is 2. The van der Waals surface area contributed by atoms with Crippen molar-refractivity contribution in [2.45, 2.75) is 46.3 Å². The van der Waals surface area contributed by atoms with E-state index in [1.54, 1.807) is 36.4 Å². The fourth-order valence-electron chi connectivity index (χ4n) is 3.57. The van der Waals surface area contributed by atoms with Crippen LogP contribution in [0.2, 0.25) is 0 Å². The molecule has 0 bridgehead atoms. The molecule has 2 heterocycles. The van der Waals surface area contributed by atoms with Crippen LogP contribution in [0.4, 0.5) is 17.6 Å². The molecule has 0 saturated carbocycles. The maximum Gasteiger partial charge on any atom is 0.158 e. The van der Waals surface area contributed by atoms with E-state index in [1.807, 2.05) is 13.8 Å². The minimum absolute atomic E-state index is 0. The summed E-state index contributed by atoms with van der Waals surface area (Å²) in [7, 11) is 0. The zero-order valence-electron chi connectivity index (χ0n) is 23.2. The molecule has 42 heavy (non-hydrogen) atoms. The van der Waals surface area contributed by atoms with Crippen LogP contribution >= 0.6 is 0 Å². The molecule has 2 unspecified atom stereocenters. The summed E-state index contributed by atoms with van der Waals surface area (Å²) in [6.45, 7) is 5.85. The van der Waals surface area contributed by atoms with Crippen LogP contribution in [0.5, 0.6) is 0 Å². The third-order valence-electron chi connectivity index (χ3n) is 5.30. The number of benzene rings is 2. The molecule has 6 nitrogen and oxygen atoms in total. The van der Waals surface area contributed by atoms with Crippen molar-refractivity contribution in [3.63, 3.8) is 0 Å². The van der Waals surface area contributed by atoms with E-state index >= 15 is 0 Å². The Morgan fingerprint density at radius 3 is 1.33 bits per heavy atom. The molecule has 4 aromatic rings. The van der Waals surface area contributed by atoms with Gasteiger partial charge in [0.05, 0.1) is 29.7 Å². The summed E-state index contributed by atoms with van der Waals surface area (Å²) >= 11 is 0. The Morgan fingerprint density at radius 1 is 0.738 bits per heavy atom. The number of Topliss-reactive ketones (excluding diaryl/α,β-unsaturated/α-hetero) is 2. The summed E-state index contributed by atoms with van der Waals surface area (Å²) in [4.78, 5) is 30.2. The van der Waals surface area contributed by atoms with Crippen molar-refractivity contribution in [1.29, 1.82) is 0 Å². The molecule has 4 N–H and O–H groups in total. The van der Waals surface area contributed by atoms with Gasteiger partial charge in [-0.15, -0.1) is 24.3 Å². The number of pyridine rings is 2. The van der Waals surface area contributed by atoms with Crippen LogP contribution in [0.25, 0.3) is 22.5 Å². The summed E-state index contributed by atoms with van der Waals surface area (Å²) in [6.07, 6.45) is 3.54. The minimum Gasteiger partial charge on any atom is -0.443 e. The van der Waals surface area contributed by atoms with E-state index in [2.05, 4.69) is 22.1 Å². The standard InChI is InChI=1S/2C13H8F2NO.C5H12O2.Ir/c2*1-8(17)12-10(14)6-5-9(13(12)15)11-4-2-3-7-16-11;1-4(6)3-5(2)7;/h2*2-4,6-7H,1H3;4-7H,3H2,1-2H3;/q2*-1;;/p+2. The summed E-state index contributed by atoms with van der Waals surface area (Å²) in [5.41, 5.74) is -0.483. The summed E-state index contributed by atoms with van der Waals surface area (Å²) in [6, 6.07) is 16.6. The first-order valence-corrected chi connectivity index (χ1v) is 12.4. The molecule has 2 aromatic heterocycles. The Balaban J connectivity index is 0.000000338. The van der Waals surface area contributed by atoms with Gasteiger partial charge in [-0.2, -0.15) is 0 Å². The van der Waals surface area contributed by atoms with Crippen molar-refractivity contribution in [3.8, 4) is 22.5 Å². The SMILES string of the molecule is CC(=O)c1c(F)c[c-]c(-c2ccccn2)c1F.CC(=O)c1c(F)c[c-]c(-c2ccccn2)c1F.CC([OH2+])CC(C)[OH2+].[Ir]. The quantitative estimate of drug-likeness (QED) is 0.110. The Labute approximate surface area is 254 Å². The Morgan fingerprint density at radius 2 is 1.10 bits per heavy atom. The number of hydrogen-bond donors (Lipinski definition) is 0. The normalized spacial score (nSPS) is 11.5. The number of rotatable bonds is 6. The third kappa shape index (κ3) is 10.3. The van der Waals surface area contributed by atoms with Gasteiger partial charge in [0.15, 0.2) is 12.2 Å². The van der Waals surface area contributed by atoms with Crippen LogP contribution in [0.1, 0.15) is 54.8 Å². The first kappa shape index (κ1) is 36.4. The Hall–Kier alpha value is -3.63. The zero-order chi connectivity index (χ0) is 30.7. The predicted molar refractivity (Wildman–Crippen MR) is 148 cm³/mol. The second-order valence-corrected chi connectivity index (χ2v) is 8.98. The molecular formula is C31H30F4IrN2O4. The van der Waals surface area contributed by atoms with Gasteiger partial charge in [-0.3, -0.25) is 27.2 Å². The van der Waals surface area contributed by atoms with Gasteiger partial charge < -0.3 is 20.2 Å². The second-order valence-electron chi connectivity index (χ2n) is 8.98. The first-order chi connectivity index (χ1) is 19.3. The first-order valence-electron chi connectivity index (χ1n) is 12.4. The molecule has 0 aliphatic heterocycles. The molecule has 225 valence electrons. The van der Waals surface area contributed by atoms with E-state index in [0.29, 0.717) is 17.8 Å². The van der Waals surface area contributed by atoms with E-state index in [1.165, 1.54) is 12.4 Å². The van der Waals surface area contributed by atoms with Crippen LogP contribution in [0, 0.1) is 35.4 Å². The van der Waals surface area contributed by atoms with Crippen molar-refractivity contribution in [1.82, 2.24) is 9.97 Å². The van der Waals surface area contributed by atoms with Crippen LogP contribution < -0.4 is 0 Å². The average Bonchev–Trinajstić information content (AvgIpc) is 2.89. The number of carbonyl (C=O) groups excluding carboxylic acids is 2. The molecule has 2 aromatic carbocycles. The Kier molecular flexibility index (Phi) is 15.0. The smallest absolute Gasteiger partial charge is 0.158 e. The van der Waals surface area contributed by atoms with Gasteiger partial charge in [-0.1, -0.05) is 35.4 Å². The monoisotopic (exact) mass is 763 g/mol. The second kappa shape index (κ2) is 17.4. The summed E-state index contributed by atoms with van der Waals surface area (Å²) in [5.74, 6) is -4.98. The predicted octanol–water partition coefficient (Wildman–Crippen LogP) is 5.66. The van der Waals surface area contributed by atoms with Crippen molar-refractivity contribution >= 4 is 11.6 Å². The molecule has 0 saturated heterocycles. The van der Waals surface area contributed by atoms with Crippen LogP contribution in [0.3, 0.4) is 0 Å². The maximum absolute atomic E-state index is 13.9. The van der Waals surface area contributed by atoms with E-state index in [9.17, 15) is 27.2 Å². The van der Waals surface area contributed by atoms with E-state index < -0.39 is 46.0 Å². The minimum atomic E-state index is -0.920. The van der Waals surface area contributed by atoms with Crippen molar-refractivity contribution in [2.24, 2.45) is 0 Å². The van der Waals surface area contributed by atoms with Gasteiger partial charge in [0, 0.05) is 57.5 Å². The van der Waals surface area contributed by atoms with Gasteiger partial charge in [0.1, 0.15) is 11.6 Å². The molecule has 0 aliphatic carbocycles. The molecule has 2 atom stereocenters. The number of nitrogens with zero attached hydrogens (tertiary/aromatic N) is 2. The van der Waals surface area contributed by atoms with Gasteiger partial charge in [-0.05, 0) is 37.4 Å². The molecule has 0 spiro atoms. The van der Waals surface area contributed by atoms with Crippen molar-refractivity contribution in [2.75, 3.05) is 0 Å². The van der Waals surface area contributed by atoms with Crippen molar-refractivity contribution in [3.05, 3.63) is 107 Å². The summed E-state index contributed by atoms with van der Waals surface area (Å²) in [5, 5.41) is 14.0. The van der Waals surface area contributed by atoms with Crippen molar-refractivity contribution < 1.29 is 57.5 Å². The topological polar surface area (TPSA) is 106 Å².